The van der Waals surface area contributed by atoms with E-state index in [0.29, 0.717) is 6.07 Å². The first-order valence-electron chi connectivity index (χ1n) is 8.84. The van der Waals surface area contributed by atoms with E-state index in [4.69, 9.17) is 4.74 Å². The summed E-state index contributed by atoms with van der Waals surface area (Å²) in [7, 11) is -2.77. The van der Waals surface area contributed by atoms with Crippen LogP contribution in [-0.4, -0.2) is 41.2 Å². The van der Waals surface area contributed by atoms with Crippen molar-refractivity contribution in [3.05, 3.63) is 80.7 Å². The van der Waals surface area contributed by atoms with Gasteiger partial charge in [0.2, 0.25) is 5.82 Å². The molecule has 0 spiro atoms. The van der Waals surface area contributed by atoms with Gasteiger partial charge >= 0.3 is 0 Å². The lowest BCUT2D eigenvalue weighted by molar-refractivity contribution is -0.394. The van der Waals surface area contributed by atoms with Crippen LogP contribution in [0.5, 0.6) is 5.88 Å². The number of nitro groups is 2. The third-order valence-corrected chi connectivity index (χ3v) is 5.50. The van der Waals surface area contributed by atoms with Gasteiger partial charge in [-0.1, -0.05) is 0 Å². The highest BCUT2D eigenvalue weighted by molar-refractivity contribution is 7.92. The summed E-state index contributed by atoms with van der Waals surface area (Å²) >= 11 is 0. The van der Waals surface area contributed by atoms with Gasteiger partial charge < -0.3 is 10.1 Å². The van der Waals surface area contributed by atoms with Gasteiger partial charge in [0.25, 0.3) is 33.2 Å². The SMILES string of the molecule is COc1nccnc1NS(=O)(=O)c1ccc(NC(=O)c2ccc([N+](=O)[O-])cc2[N+](=O)[O-])cc1. The van der Waals surface area contributed by atoms with E-state index in [0.717, 1.165) is 12.1 Å². The first kappa shape index (κ1) is 23.0. The third kappa shape index (κ3) is 5.16. The Kier molecular flexibility index (Phi) is 6.43. The van der Waals surface area contributed by atoms with Crippen molar-refractivity contribution in [2.24, 2.45) is 0 Å². The number of hydrogen-bond acceptors (Lipinski definition) is 10. The summed E-state index contributed by atoms with van der Waals surface area (Å²) in [4.78, 5) is 40.3. The highest BCUT2D eigenvalue weighted by Crippen LogP contribution is 2.26. The van der Waals surface area contributed by atoms with Crippen molar-refractivity contribution in [3.8, 4) is 5.88 Å². The van der Waals surface area contributed by atoms with Crippen LogP contribution in [0.15, 0.2) is 59.8 Å². The molecule has 0 aliphatic rings. The van der Waals surface area contributed by atoms with E-state index in [9.17, 15) is 33.4 Å². The Balaban J connectivity index is 1.80. The van der Waals surface area contributed by atoms with Gasteiger partial charge in [0.05, 0.1) is 27.9 Å². The summed E-state index contributed by atoms with van der Waals surface area (Å²) in [5, 5.41) is 24.4. The van der Waals surface area contributed by atoms with Crippen LogP contribution in [0.25, 0.3) is 0 Å². The summed E-state index contributed by atoms with van der Waals surface area (Å²) in [6.07, 6.45) is 2.60. The molecule has 1 heterocycles. The fraction of sp³-hybridized carbons (Fsp3) is 0.0556. The molecule has 0 atom stereocenters. The highest BCUT2D eigenvalue weighted by atomic mass is 32.2. The van der Waals surface area contributed by atoms with Crippen LogP contribution < -0.4 is 14.8 Å². The van der Waals surface area contributed by atoms with Crippen LogP contribution in [0.3, 0.4) is 0 Å². The van der Waals surface area contributed by atoms with Gasteiger partial charge in [0.1, 0.15) is 5.56 Å². The first-order chi connectivity index (χ1) is 15.6. The van der Waals surface area contributed by atoms with Crippen molar-refractivity contribution in [3.63, 3.8) is 0 Å². The molecule has 3 aromatic rings. The molecule has 1 amide bonds. The molecule has 0 fully saturated rings. The lowest BCUT2D eigenvalue weighted by Gasteiger charge is -2.10. The Morgan fingerprint density at radius 2 is 1.67 bits per heavy atom. The minimum atomic E-state index is -4.07. The molecule has 2 aromatic carbocycles. The molecule has 0 aliphatic carbocycles. The van der Waals surface area contributed by atoms with Crippen LogP contribution in [0.4, 0.5) is 22.9 Å². The fourth-order valence-electron chi connectivity index (χ4n) is 2.62. The molecule has 15 heteroatoms. The van der Waals surface area contributed by atoms with Crippen LogP contribution in [-0.2, 0) is 10.0 Å². The zero-order chi connectivity index (χ0) is 24.2. The molecule has 1 aromatic heterocycles. The molecule has 0 bridgehead atoms. The second-order valence-electron chi connectivity index (χ2n) is 6.21. The molecule has 170 valence electrons. The van der Waals surface area contributed by atoms with Crippen molar-refractivity contribution >= 4 is 38.8 Å². The summed E-state index contributed by atoms with van der Waals surface area (Å²) in [6, 6.07) is 7.49. The molecule has 0 unspecified atom stereocenters. The zero-order valence-corrected chi connectivity index (χ0v) is 17.5. The number of anilines is 2. The summed E-state index contributed by atoms with van der Waals surface area (Å²) in [6.45, 7) is 0. The van der Waals surface area contributed by atoms with E-state index < -0.39 is 42.7 Å². The van der Waals surface area contributed by atoms with E-state index in [1.165, 1.54) is 43.8 Å². The first-order valence-corrected chi connectivity index (χ1v) is 10.3. The number of rotatable bonds is 8. The maximum atomic E-state index is 12.6. The smallest absolute Gasteiger partial charge is 0.289 e. The van der Waals surface area contributed by atoms with E-state index in [2.05, 4.69) is 20.0 Å². The number of carbonyl (C=O) groups is 1. The highest BCUT2D eigenvalue weighted by Gasteiger charge is 2.24. The number of nitrogens with zero attached hydrogens (tertiary/aromatic N) is 4. The molecule has 33 heavy (non-hydrogen) atoms. The second kappa shape index (κ2) is 9.23. The Hall–Kier alpha value is -4.66. The lowest BCUT2D eigenvalue weighted by Crippen LogP contribution is -2.16. The predicted octanol–water partition coefficient (Wildman–Crippen LogP) is 2.35. The molecule has 0 aliphatic heterocycles. The van der Waals surface area contributed by atoms with Crippen molar-refractivity contribution < 1.29 is 27.8 Å². The van der Waals surface area contributed by atoms with Crippen LogP contribution in [0.2, 0.25) is 0 Å². The van der Waals surface area contributed by atoms with Gasteiger partial charge in [-0.3, -0.25) is 29.7 Å². The van der Waals surface area contributed by atoms with Gasteiger partial charge in [-0.25, -0.2) is 18.4 Å². The topological polar surface area (TPSA) is 197 Å². The molecule has 14 nitrogen and oxygen atoms in total. The van der Waals surface area contributed by atoms with Crippen molar-refractivity contribution in [2.45, 2.75) is 4.90 Å². The average molecular weight is 474 g/mol. The maximum Gasteiger partial charge on any atom is 0.289 e. The average Bonchev–Trinajstić information content (AvgIpc) is 2.79. The van der Waals surface area contributed by atoms with Crippen molar-refractivity contribution in [2.75, 3.05) is 17.1 Å². The molecule has 0 saturated heterocycles. The lowest BCUT2D eigenvalue weighted by atomic mass is 10.1. The largest absolute Gasteiger partial charge is 0.478 e. The quantitative estimate of drug-likeness (QED) is 0.361. The van der Waals surface area contributed by atoms with Crippen LogP contribution in [0.1, 0.15) is 10.4 Å². The van der Waals surface area contributed by atoms with Gasteiger partial charge in [0.15, 0.2) is 0 Å². The van der Waals surface area contributed by atoms with E-state index >= 15 is 0 Å². The van der Waals surface area contributed by atoms with Gasteiger partial charge in [-0.2, -0.15) is 0 Å². The number of hydrogen-bond donors (Lipinski definition) is 2. The Bertz CT molecular complexity index is 1340. The summed E-state index contributed by atoms with van der Waals surface area (Å²) in [5.74, 6) is -1.06. The number of sulfonamides is 1. The number of ether oxygens (including phenoxy) is 1. The molecular formula is C18H14N6O8S. The molecular weight excluding hydrogens is 460 g/mol. The van der Waals surface area contributed by atoms with Crippen molar-refractivity contribution in [1.82, 2.24) is 9.97 Å². The zero-order valence-electron chi connectivity index (χ0n) is 16.7. The van der Waals surface area contributed by atoms with Gasteiger partial charge in [0, 0.05) is 24.1 Å². The number of carbonyl (C=O) groups excluding carboxylic acids is 1. The Morgan fingerprint density at radius 1 is 1.00 bits per heavy atom. The second-order valence-corrected chi connectivity index (χ2v) is 7.90. The fourth-order valence-corrected chi connectivity index (χ4v) is 3.63. The maximum absolute atomic E-state index is 12.6. The minimum absolute atomic E-state index is 0.0327. The van der Waals surface area contributed by atoms with Crippen LogP contribution >= 0.6 is 0 Å². The number of non-ortho nitro benzene ring substituents is 1. The standard InChI is InChI=1S/C18H14N6O8S/c1-32-18-16(19-8-9-20-18)22-33(30,31)13-5-2-11(3-6-13)21-17(25)14-7-4-12(23(26)27)10-15(14)24(28)29/h2-10H,1H3,(H,19,22)(H,21,25). The number of aromatic nitrogens is 2. The number of amides is 1. The Labute approximate surface area is 185 Å². The minimum Gasteiger partial charge on any atom is -0.478 e. The molecule has 0 radical (unpaired) electrons. The summed E-state index contributed by atoms with van der Waals surface area (Å²) in [5.41, 5.74) is -1.56. The number of nitro benzene ring substituents is 2. The number of benzene rings is 2. The monoisotopic (exact) mass is 474 g/mol. The predicted molar refractivity (Wildman–Crippen MR) is 114 cm³/mol. The molecule has 3 rings (SSSR count). The Morgan fingerprint density at radius 3 is 2.27 bits per heavy atom. The number of nitrogens with one attached hydrogen (secondary N) is 2. The normalized spacial score (nSPS) is 10.8. The molecule has 0 saturated carbocycles. The van der Waals surface area contributed by atoms with E-state index in [1.54, 1.807) is 0 Å². The van der Waals surface area contributed by atoms with Gasteiger partial charge in [-0.05, 0) is 30.3 Å². The third-order valence-electron chi connectivity index (χ3n) is 4.14. The van der Waals surface area contributed by atoms with Crippen molar-refractivity contribution in [1.29, 1.82) is 0 Å². The molecule has 2 N–H and O–H groups in total. The van der Waals surface area contributed by atoms with E-state index in [-0.39, 0.29) is 22.3 Å². The number of methoxy groups -OCH3 is 1. The van der Waals surface area contributed by atoms with E-state index in [1.807, 2.05) is 0 Å². The van der Waals surface area contributed by atoms with Gasteiger partial charge in [-0.15, -0.1) is 0 Å². The summed E-state index contributed by atoms with van der Waals surface area (Å²) < 4.78 is 32.3. The van der Waals surface area contributed by atoms with Crippen LogP contribution in [0, 0.1) is 20.2 Å².